The molecule has 1 rings (SSSR count). The van der Waals surface area contributed by atoms with E-state index < -0.39 is 22.1 Å². The number of rotatable bonds is 5. The molecule has 16 heavy (non-hydrogen) atoms. The summed E-state index contributed by atoms with van der Waals surface area (Å²) in [5, 5.41) is 0. The predicted octanol–water partition coefficient (Wildman–Crippen LogP) is -0.0257. The summed E-state index contributed by atoms with van der Waals surface area (Å²) in [6.45, 7) is 1.41. The first-order valence-electron chi connectivity index (χ1n) is 4.57. The molecule has 1 heterocycles. The largest absolute Gasteiger partial charge is 0.367 e. The number of amides is 1. The monoisotopic (exact) mass is 244 g/mol. The third kappa shape index (κ3) is 3.28. The first-order valence-corrected chi connectivity index (χ1v) is 6.15. The van der Waals surface area contributed by atoms with Gasteiger partial charge in [0.15, 0.2) is 6.10 Å². The number of aromatic nitrogens is 1. The Labute approximate surface area is 93.6 Å². The highest BCUT2D eigenvalue weighted by Gasteiger charge is 2.25. The van der Waals surface area contributed by atoms with Crippen molar-refractivity contribution in [3.8, 4) is 0 Å². The minimum Gasteiger partial charge on any atom is -0.367 e. The van der Waals surface area contributed by atoms with Crippen LogP contribution in [0.4, 0.5) is 0 Å². The lowest BCUT2D eigenvalue weighted by atomic mass is 10.2. The molecule has 0 bridgehead atoms. The molecule has 0 aliphatic rings. The number of pyridine rings is 1. The van der Waals surface area contributed by atoms with E-state index in [2.05, 4.69) is 9.17 Å². The fourth-order valence-corrected chi connectivity index (χ4v) is 1.61. The van der Waals surface area contributed by atoms with Gasteiger partial charge in [0, 0.05) is 6.20 Å². The van der Waals surface area contributed by atoms with Crippen molar-refractivity contribution in [3.05, 3.63) is 30.1 Å². The second kappa shape index (κ2) is 5.04. The van der Waals surface area contributed by atoms with Crippen LogP contribution < -0.4 is 5.73 Å². The number of hydrogen-bond donors (Lipinski definition) is 1. The van der Waals surface area contributed by atoms with E-state index in [-0.39, 0.29) is 11.4 Å². The molecular formula is C9H12N2O4S. The predicted molar refractivity (Wildman–Crippen MR) is 56.7 cm³/mol. The van der Waals surface area contributed by atoms with Crippen LogP contribution in [0.5, 0.6) is 0 Å². The molecule has 6 nitrogen and oxygen atoms in total. The summed E-state index contributed by atoms with van der Waals surface area (Å²) in [6.07, 6.45) is 0.0545. The Bertz CT molecular complexity index is 458. The van der Waals surface area contributed by atoms with Crippen LogP contribution in [0.2, 0.25) is 0 Å². The third-order valence-electron chi connectivity index (χ3n) is 1.81. The summed E-state index contributed by atoms with van der Waals surface area (Å²) < 4.78 is 27.1. The van der Waals surface area contributed by atoms with Gasteiger partial charge < -0.3 is 5.73 Å². The maximum Gasteiger partial charge on any atom is 0.268 e. The van der Waals surface area contributed by atoms with Gasteiger partial charge in [-0.25, -0.2) is 0 Å². The van der Waals surface area contributed by atoms with Gasteiger partial charge in [-0.1, -0.05) is 6.07 Å². The highest BCUT2D eigenvalue weighted by molar-refractivity contribution is 7.86. The summed E-state index contributed by atoms with van der Waals surface area (Å²) in [7, 11) is -3.75. The highest BCUT2D eigenvalue weighted by Crippen LogP contribution is 2.17. The summed E-state index contributed by atoms with van der Waals surface area (Å²) in [5.74, 6) is -1.13. The van der Waals surface area contributed by atoms with Gasteiger partial charge in [0.1, 0.15) is 0 Å². The topological polar surface area (TPSA) is 99.4 Å². The maximum absolute atomic E-state index is 11.2. The molecule has 2 N–H and O–H groups in total. The number of carbonyl (C=O) groups is 1. The van der Waals surface area contributed by atoms with Gasteiger partial charge in [0.2, 0.25) is 0 Å². The minimum atomic E-state index is -3.75. The molecule has 0 spiro atoms. The van der Waals surface area contributed by atoms with E-state index in [1.54, 1.807) is 12.1 Å². The summed E-state index contributed by atoms with van der Waals surface area (Å²) in [4.78, 5) is 14.9. The van der Waals surface area contributed by atoms with Crippen LogP contribution in [-0.4, -0.2) is 25.1 Å². The Morgan fingerprint density at radius 1 is 1.56 bits per heavy atom. The molecule has 0 aliphatic carbocycles. The zero-order chi connectivity index (χ0) is 12.2. The van der Waals surface area contributed by atoms with Gasteiger partial charge in [0.05, 0.1) is 11.4 Å². The summed E-state index contributed by atoms with van der Waals surface area (Å²) in [6, 6.07) is 4.72. The number of carbonyl (C=O) groups excluding carboxylic acids is 1. The summed E-state index contributed by atoms with van der Waals surface area (Å²) >= 11 is 0. The molecule has 7 heteroatoms. The van der Waals surface area contributed by atoms with Gasteiger partial charge in [0.25, 0.3) is 16.0 Å². The second-order valence-corrected chi connectivity index (χ2v) is 4.86. The lowest BCUT2D eigenvalue weighted by Gasteiger charge is -2.12. The maximum atomic E-state index is 11.2. The Hall–Kier alpha value is -1.47. The van der Waals surface area contributed by atoms with Crippen LogP contribution in [0.1, 0.15) is 18.7 Å². The molecule has 1 atom stereocenters. The Balaban J connectivity index is 2.99. The fourth-order valence-electron chi connectivity index (χ4n) is 0.988. The summed E-state index contributed by atoms with van der Waals surface area (Å²) in [5.41, 5.74) is 5.24. The van der Waals surface area contributed by atoms with Crippen molar-refractivity contribution in [2.24, 2.45) is 5.73 Å². The van der Waals surface area contributed by atoms with Gasteiger partial charge >= 0.3 is 0 Å². The van der Waals surface area contributed by atoms with Crippen LogP contribution >= 0.6 is 0 Å². The smallest absolute Gasteiger partial charge is 0.268 e. The number of nitrogens with zero attached hydrogens (tertiary/aromatic N) is 1. The van der Waals surface area contributed by atoms with Crippen LogP contribution in [0.15, 0.2) is 24.4 Å². The third-order valence-corrected chi connectivity index (χ3v) is 3.00. The van der Waals surface area contributed by atoms with Crippen molar-refractivity contribution in [1.29, 1.82) is 0 Å². The zero-order valence-electron chi connectivity index (χ0n) is 8.66. The molecule has 1 unspecified atom stereocenters. The Kier molecular flexibility index (Phi) is 3.97. The van der Waals surface area contributed by atoms with Crippen molar-refractivity contribution in [2.75, 3.05) is 5.75 Å². The standard InChI is InChI=1S/C9H12N2O4S/c1-2-16(13,14)15-8(9(10)12)7-5-3-4-6-11-7/h3-6,8H,2H2,1H3,(H2,10,12). The van der Waals surface area contributed by atoms with E-state index in [4.69, 9.17) is 5.73 Å². The van der Waals surface area contributed by atoms with Crippen molar-refractivity contribution in [1.82, 2.24) is 4.98 Å². The highest BCUT2D eigenvalue weighted by atomic mass is 32.2. The van der Waals surface area contributed by atoms with E-state index in [9.17, 15) is 13.2 Å². The van der Waals surface area contributed by atoms with Crippen LogP contribution in [0.3, 0.4) is 0 Å². The Morgan fingerprint density at radius 3 is 2.69 bits per heavy atom. The quantitative estimate of drug-likeness (QED) is 0.733. The molecule has 0 saturated carbocycles. The van der Waals surface area contributed by atoms with Crippen molar-refractivity contribution < 1.29 is 17.4 Å². The molecule has 0 aromatic carbocycles. The molecule has 88 valence electrons. The van der Waals surface area contributed by atoms with Crippen LogP contribution in [-0.2, 0) is 19.1 Å². The first-order chi connectivity index (χ1) is 7.46. The molecule has 1 aromatic heterocycles. The minimum absolute atomic E-state index is 0.173. The lowest BCUT2D eigenvalue weighted by Crippen LogP contribution is -2.27. The van der Waals surface area contributed by atoms with Gasteiger partial charge in [-0.2, -0.15) is 8.42 Å². The number of primary amides is 1. The normalized spacial score (nSPS) is 13.3. The van der Waals surface area contributed by atoms with Crippen LogP contribution in [0.25, 0.3) is 0 Å². The molecule has 0 radical (unpaired) electrons. The average molecular weight is 244 g/mol. The first kappa shape index (κ1) is 12.6. The van der Waals surface area contributed by atoms with E-state index in [0.717, 1.165) is 0 Å². The number of hydrogen-bond acceptors (Lipinski definition) is 5. The second-order valence-electron chi connectivity index (χ2n) is 2.98. The Morgan fingerprint density at radius 2 is 2.25 bits per heavy atom. The van der Waals surface area contributed by atoms with E-state index in [1.807, 2.05) is 0 Å². The van der Waals surface area contributed by atoms with Crippen molar-refractivity contribution in [2.45, 2.75) is 13.0 Å². The zero-order valence-corrected chi connectivity index (χ0v) is 9.48. The fraction of sp³-hybridized carbons (Fsp3) is 0.333. The average Bonchev–Trinajstić information content (AvgIpc) is 2.27. The SMILES string of the molecule is CCS(=O)(=O)OC(C(N)=O)c1ccccn1. The molecule has 1 amide bonds. The molecule has 0 fully saturated rings. The molecule has 0 saturated heterocycles. The van der Waals surface area contributed by atoms with E-state index >= 15 is 0 Å². The van der Waals surface area contributed by atoms with Crippen molar-refractivity contribution >= 4 is 16.0 Å². The van der Waals surface area contributed by atoms with Gasteiger partial charge in [-0.15, -0.1) is 0 Å². The van der Waals surface area contributed by atoms with Crippen molar-refractivity contribution in [3.63, 3.8) is 0 Å². The van der Waals surface area contributed by atoms with Gasteiger partial charge in [-0.3, -0.25) is 14.0 Å². The lowest BCUT2D eigenvalue weighted by molar-refractivity contribution is -0.125. The van der Waals surface area contributed by atoms with E-state index in [1.165, 1.54) is 19.2 Å². The van der Waals surface area contributed by atoms with Crippen LogP contribution in [0, 0.1) is 0 Å². The molecular weight excluding hydrogens is 232 g/mol. The van der Waals surface area contributed by atoms with Gasteiger partial charge in [-0.05, 0) is 19.1 Å². The molecule has 0 aliphatic heterocycles. The van der Waals surface area contributed by atoms with E-state index in [0.29, 0.717) is 0 Å². The molecule has 1 aromatic rings. The number of nitrogens with two attached hydrogens (primary N) is 1.